The largest absolute Gasteiger partial charge is 0.459 e. The molecule has 162 valence electrons. The van der Waals surface area contributed by atoms with Crippen molar-refractivity contribution in [3.63, 3.8) is 0 Å². The van der Waals surface area contributed by atoms with Crippen molar-refractivity contribution >= 4 is 35.0 Å². The summed E-state index contributed by atoms with van der Waals surface area (Å²) >= 11 is 5.93. The highest BCUT2D eigenvalue weighted by Crippen LogP contribution is 2.34. The lowest BCUT2D eigenvalue weighted by atomic mass is 10.1. The minimum Gasteiger partial charge on any atom is -0.459 e. The number of rotatable bonds is 5. The van der Waals surface area contributed by atoms with Gasteiger partial charge in [0.15, 0.2) is 17.3 Å². The zero-order valence-electron chi connectivity index (χ0n) is 16.7. The van der Waals surface area contributed by atoms with E-state index in [0.29, 0.717) is 22.2 Å². The molecule has 0 N–H and O–H groups in total. The number of nitrogens with zero attached hydrogens (tertiary/aromatic N) is 2. The number of hydrogen-bond acceptors (Lipinski definition) is 6. The maximum atomic E-state index is 13.3. The highest BCUT2D eigenvalue weighted by Gasteiger charge is 2.45. The van der Waals surface area contributed by atoms with E-state index < -0.39 is 23.8 Å². The van der Waals surface area contributed by atoms with Crippen LogP contribution in [0.1, 0.15) is 22.5 Å². The standard InChI is InChI=1S/C23H17ClN2O6/c24-15-4-6-16(7-5-15)26-21(27)11-17(22(26)28)25(23(29)19-2-1-9-30-19)12-14-3-8-18-20(10-14)32-13-31-18/h1-10,17H,11-13H2. The molecule has 8 nitrogen and oxygen atoms in total. The third kappa shape index (κ3) is 3.58. The molecule has 0 radical (unpaired) electrons. The average Bonchev–Trinajstić information content (AvgIpc) is 3.53. The number of furan rings is 1. The minimum atomic E-state index is -0.985. The van der Waals surface area contributed by atoms with Crippen molar-refractivity contribution in [2.45, 2.75) is 19.0 Å². The van der Waals surface area contributed by atoms with Crippen molar-refractivity contribution < 1.29 is 28.3 Å². The molecule has 0 aliphatic carbocycles. The Morgan fingerprint density at radius 1 is 1.06 bits per heavy atom. The van der Waals surface area contributed by atoms with Gasteiger partial charge in [-0.25, -0.2) is 4.90 Å². The SMILES string of the molecule is O=C1CC(N(Cc2ccc3c(c2)OCO3)C(=O)c2ccco2)C(=O)N1c1ccc(Cl)cc1. The van der Waals surface area contributed by atoms with Gasteiger partial charge in [0, 0.05) is 11.6 Å². The van der Waals surface area contributed by atoms with Crippen LogP contribution >= 0.6 is 11.6 Å². The monoisotopic (exact) mass is 452 g/mol. The van der Waals surface area contributed by atoms with Gasteiger partial charge in [0.1, 0.15) is 6.04 Å². The number of carbonyl (C=O) groups is 3. The molecule has 2 aliphatic heterocycles. The van der Waals surface area contributed by atoms with E-state index >= 15 is 0 Å². The Morgan fingerprint density at radius 2 is 1.84 bits per heavy atom. The van der Waals surface area contributed by atoms with Crippen LogP contribution in [-0.4, -0.2) is 35.5 Å². The highest BCUT2D eigenvalue weighted by molar-refractivity contribution is 6.31. The quantitative estimate of drug-likeness (QED) is 0.549. The van der Waals surface area contributed by atoms with E-state index in [2.05, 4.69) is 0 Å². The number of imide groups is 1. The van der Waals surface area contributed by atoms with Gasteiger partial charge in [-0.2, -0.15) is 0 Å². The predicted octanol–water partition coefficient (Wildman–Crippen LogP) is 3.64. The van der Waals surface area contributed by atoms with Gasteiger partial charge in [-0.1, -0.05) is 17.7 Å². The van der Waals surface area contributed by atoms with E-state index in [4.69, 9.17) is 25.5 Å². The summed E-state index contributed by atoms with van der Waals surface area (Å²) in [7, 11) is 0. The first-order valence-electron chi connectivity index (χ1n) is 9.86. The molecular weight excluding hydrogens is 436 g/mol. The van der Waals surface area contributed by atoms with Gasteiger partial charge in [-0.15, -0.1) is 0 Å². The summed E-state index contributed by atoms with van der Waals surface area (Å²) < 4.78 is 16.0. The summed E-state index contributed by atoms with van der Waals surface area (Å²) in [5, 5.41) is 0.488. The summed E-state index contributed by atoms with van der Waals surface area (Å²) in [6.45, 7) is 0.202. The van der Waals surface area contributed by atoms with Crippen molar-refractivity contribution in [3.05, 3.63) is 77.2 Å². The Kier molecular flexibility index (Phi) is 5.07. The van der Waals surface area contributed by atoms with E-state index in [1.807, 2.05) is 0 Å². The van der Waals surface area contributed by atoms with Gasteiger partial charge in [0.25, 0.3) is 11.8 Å². The highest BCUT2D eigenvalue weighted by atomic mass is 35.5. The van der Waals surface area contributed by atoms with Crippen LogP contribution in [0.3, 0.4) is 0 Å². The summed E-state index contributed by atoms with van der Waals surface area (Å²) in [5.74, 6) is -0.126. The fourth-order valence-electron chi connectivity index (χ4n) is 3.82. The Hall–Kier alpha value is -3.78. The Balaban J connectivity index is 1.47. The molecule has 0 spiro atoms. The number of carbonyl (C=O) groups excluding carboxylic acids is 3. The second kappa shape index (κ2) is 8.05. The molecule has 1 saturated heterocycles. The molecule has 32 heavy (non-hydrogen) atoms. The second-order valence-corrected chi connectivity index (χ2v) is 7.80. The molecule has 3 aromatic rings. The van der Waals surface area contributed by atoms with Crippen LogP contribution in [0.15, 0.2) is 65.3 Å². The van der Waals surface area contributed by atoms with Crippen LogP contribution in [0.2, 0.25) is 5.02 Å². The van der Waals surface area contributed by atoms with E-state index in [-0.39, 0.29) is 25.5 Å². The molecule has 0 bridgehead atoms. The molecule has 0 saturated carbocycles. The Bertz CT molecular complexity index is 1190. The normalized spacial score (nSPS) is 17.2. The first-order valence-corrected chi connectivity index (χ1v) is 10.2. The topological polar surface area (TPSA) is 89.3 Å². The van der Waals surface area contributed by atoms with Crippen molar-refractivity contribution in [2.24, 2.45) is 0 Å². The lowest BCUT2D eigenvalue weighted by molar-refractivity contribution is -0.122. The first kappa shape index (κ1) is 20.1. The summed E-state index contributed by atoms with van der Waals surface area (Å²) in [6, 6.07) is 13.8. The molecular formula is C23H17ClN2O6. The van der Waals surface area contributed by atoms with Crippen LogP contribution < -0.4 is 14.4 Å². The number of halogens is 1. The van der Waals surface area contributed by atoms with Gasteiger partial charge in [-0.05, 0) is 54.1 Å². The molecule has 1 atom stereocenters. The maximum Gasteiger partial charge on any atom is 0.290 e. The third-order valence-corrected chi connectivity index (χ3v) is 5.62. The number of amides is 3. The molecule has 2 aliphatic rings. The fourth-order valence-corrected chi connectivity index (χ4v) is 3.95. The second-order valence-electron chi connectivity index (χ2n) is 7.36. The van der Waals surface area contributed by atoms with Crippen LogP contribution in [0.5, 0.6) is 11.5 Å². The number of benzene rings is 2. The van der Waals surface area contributed by atoms with Gasteiger partial charge < -0.3 is 18.8 Å². The molecule has 1 unspecified atom stereocenters. The van der Waals surface area contributed by atoms with E-state index in [0.717, 1.165) is 10.5 Å². The van der Waals surface area contributed by atoms with E-state index in [1.54, 1.807) is 48.5 Å². The van der Waals surface area contributed by atoms with E-state index in [1.165, 1.54) is 17.2 Å². The zero-order valence-corrected chi connectivity index (χ0v) is 17.4. The number of fused-ring (bicyclic) bond motifs is 1. The third-order valence-electron chi connectivity index (χ3n) is 5.37. The Morgan fingerprint density at radius 3 is 2.59 bits per heavy atom. The number of anilines is 1. The van der Waals surface area contributed by atoms with Crippen LogP contribution in [0.25, 0.3) is 0 Å². The van der Waals surface area contributed by atoms with Crippen molar-refractivity contribution in [2.75, 3.05) is 11.7 Å². The summed E-state index contributed by atoms with van der Waals surface area (Å²) in [4.78, 5) is 41.8. The van der Waals surface area contributed by atoms with Gasteiger partial charge >= 0.3 is 0 Å². The van der Waals surface area contributed by atoms with Crippen LogP contribution in [-0.2, 0) is 16.1 Å². The molecule has 9 heteroatoms. The molecule has 2 aromatic carbocycles. The molecule has 1 aromatic heterocycles. The lowest BCUT2D eigenvalue weighted by Gasteiger charge is -2.27. The van der Waals surface area contributed by atoms with Crippen LogP contribution in [0.4, 0.5) is 5.69 Å². The van der Waals surface area contributed by atoms with Crippen molar-refractivity contribution in [1.29, 1.82) is 0 Å². The smallest absolute Gasteiger partial charge is 0.290 e. The maximum absolute atomic E-state index is 13.3. The Labute approximate surface area is 187 Å². The minimum absolute atomic E-state index is 0.0777. The zero-order chi connectivity index (χ0) is 22.2. The van der Waals surface area contributed by atoms with E-state index in [9.17, 15) is 14.4 Å². The molecule has 3 amide bonds. The fraction of sp³-hybridized carbons (Fsp3) is 0.174. The van der Waals surface area contributed by atoms with Gasteiger partial charge in [0.05, 0.1) is 18.4 Å². The number of hydrogen-bond donors (Lipinski definition) is 0. The first-order chi connectivity index (χ1) is 15.5. The van der Waals surface area contributed by atoms with Crippen molar-refractivity contribution in [1.82, 2.24) is 4.90 Å². The predicted molar refractivity (Wildman–Crippen MR) is 113 cm³/mol. The average molecular weight is 453 g/mol. The summed E-state index contributed by atoms with van der Waals surface area (Å²) in [5.41, 5.74) is 1.12. The van der Waals surface area contributed by atoms with Crippen molar-refractivity contribution in [3.8, 4) is 11.5 Å². The summed E-state index contributed by atoms with van der Waals surface area (Å²) in [6.07, 6.45) is 1.24. The number of ether oxygens (including phenoxy) is 2. The van der Waals surface area contributed by atoms with Gasteiger partial charge in [0.2, 0.25) is 12.7 Å². The molecule has 3 heterocycles. The van der Waals surface area contributed by atoms with Gasteiger partial charge in [-0.3, -0.25) is 14.4 Å². The molecule has 1 fully saturated rings. The molecule has 5 rings (SSSR count). The van der Waals surface area contributed by atoms with Crippen LogP contribution in [0, 0.1) is 0 Å². The lowest BCUT2D eigenvalue weighted by Crippen LogP contribution is -2.45.